The van der Waals surface area contributed by atoms with Crippen LogP contribution in [0, 0.1) is 0 Å². The van der Waals surface area contributed by atoms with Gasteiger partial charge in [0.1, 0.15) is 23.3 Å². The Labute approximate surface area is 97.8 Å². The minimum absolute atomic E-state index is 0.0185. The van der Waals surface area contributed by atoms with E-state index >= 15 is 0 Å². The molecule has 0 aliphatic carbocycles. The first kappa shape index (κ1) is 20.2. The zero-order chi connectivity index (χ0) is 14.8. The van der Waals surface area contributed by atoms with E-state index in [-0.39, 0.29) is 23.3 Å². The van der Waals surface area contributed by atoms with Gasteiger partial charge in [0.05, 0.1) is 0 Å². The fourth-order valence-corrected chi connectivity index (χ4v) is 0. The SMILES string of the molecule is NC(N)=C(N)N.NC(N)=C(N)N.O=S(=O)(O)O. The lowest BCUT2D eigenvalue weighted by molar-refractivity contribution is 0.381. The summed E-state index contributed by atoms with van der Waals surface area (Å²) in [5.74, 6) is -0.0741. The Morgan fingerprint density at radius 1 is 0.588 bits per heavy atom. The zero-order valence-corrected chi connectivity index (χ0v) is 9.55. The van der Waals surface area contributed by atoms with E-state index in [1.165, 1.54) is 0 Å². The topological polar surface area (TPSA) is 283 Å². The first-order valence-corrected chi connectivity index (χ1v) is 4.90. The quantitative estimate of drug-likeness (QED) is 0.186. The van der Waals surface area contributed by atoms with Crippen molar-refractivity contribution in [1.82, 2.24) is 0 Å². The molecule has 0 amide bonds. The van der Waals surface area contributed by atoms with Crippen molar-refractivity contribution in [2.24, 2.45) is 45.9 Å². The highest BCUT2D eigenvalue weighted by molar-refractivity contribution is 7.79. The number of hydrogen-bond acceptors (Lipinski definition) is 10. The van der Waals surface area contributed by atoms with Crippen LogP contribution in [0.2, 0.25) is 0 Å². The van der Waals surface area contributed by atoms with Gasteiger partial charge in [-0.05, 0) is 0 Å². The highest BCUT2D eigenvalue weighted by Crippen LogP contribution is 1.63. The second kappa shape index (κ2) is 9.01. The maximum absolute atomic E-state index is 8.74. The van der Waals surface area contributed by atoms with Gasteiger partial charge in [-0.25, -0.2) is 0 Å². The van der Waals surface area contributed by atoms with E-state index in [0.717, 1.165) is 0 Å². The largest absolute Gasteiger partial charge is 0.394 e. The Kier molecular flexibility index (Phi) is 10.7. The molecule has 0 saturated carbocycles. The molecule has 0 rings (SSSR count). The molecule has 0 aromatic heterocycles. The summed E-state index contributed by atoms with van der Waals surface area (Å²) in [4.78, 5) is 0. The summed E-state index contributed by atoms with van der Waals surface area (Å²) in [6, 6.07) is 0. The molecule has 18 N–H and O–H groups in total. The number of hydrogen-bond donors (Lipinski definition) is 10. The second-order valence-electron chi connectivity index (χ2n) is 2.27. The van der Waals surface area contributed by atoms with Gasteiger partial charge >= 0.3 is 10.4 Å². The summed E-state index contributed by atoms with van der Waals surface area (Å²) < 4.78 is 31.6. The van der Waals surface area contributed by atoms with Gasteiger partial charge in [0, 0.05) is 0 Å². The smallest absolute Gasteiger partial charge is 0.383 e. The molecule has 0 aliphatic heterocycles. The van der Waals surface area contributed by atoms with E-state index in [1.807, 2.05) is 0 Å². The predicted octanol–water partition coefficient (Wildman–Crippen LogP) is -4.76. The van der Waals surface area contributed by atoms with E-state index in [1.54, 1.807) is 0 Å². The fraction of sp³-hybridized carbons (Fsp3) is 0. The van der Waals surface area contributed by atoms with E-state index in [4.69, 9.17) is 63.4 Å². The summed E-state index contributed by atoms with van der Waals surface area (Å²) in [6.45, 7) is 0. The molecule has 0 unspecified atom stereocenters. The minimum Gasteiger partial charge on any atom is -0.383 e. The molecule has 0 aromatic rings. The lowest BCUT2D eigenvalue weighted by atomic mass is 10.7. The molecule has 0 aliphatic rings. The van der Waals surface area contributed by atoms with Gasteiger partial charge in [-0.2, -0.15) is 8.42 Å². The molecular weight excluding hydrogens is 256 g/mol. The monoisotopic (exact) mass is 274 g/mol. The summed E-state index contributed by atoms with van der Waals surface area (Å²) >= 11 is 0. The van der Waals surface area contributed by atoms with Gasteiger partial charge in [0.2, 0.25) is 0 Å². The van der Waals surface area contributed by atoms with Crippen molar-refractivity contribution in [3.05, 3.63) is 23.3 Å². The first-order chi connectivity index (χ1) is 7.29. The lowest BCUT2D eigenvalue weighted by Gasteiger charge is -1.89. The molecule has 13 heteroatoms. The second-order valence-corrected chi connectivity index (χ2v) is 3.16. The molecule has 17 heavy (non-hydrogen) atoms. The number of rotatable bonds is 0. The van der Waals surface area contributed by atoms with Crippen molar-refractivity contribution in [3.63, 3.8) is 0 Å². The molecule has 12 nitrogen and oxygen atoms in total. The van der Waals surface area contributed by atoms with Crippen LogP contribution in [-0.4, -0.2) is 17.5 Å². The average molecular weight is 274 g/mol. The van der Waals surface area contributed by atoms with Crippen molar-refractivity contribution in [2.45, 2.75) is 0 Å². The van der Waals surface area contributed by atoms with Gasteiger partial charge in [0.25, 0.3) is 0 Å². The van der Waals surface area contributed by atoms with Crippen LogP contribution in [0.1, 0.15) is 0 Å². The predicted molar refractivity (Wildman–Crippen MR) is 61.7 cm³/mol. The maximum atomic E-state index is 8.74. The minimum atomic E-state index is -4.67. The van der Waals surface area contributed by atoms with Crippen LogP contribution in [0.4, 0.5) is 0 Å². The normalized spacial score (nSPS) is 8.59. The van der Waals surface area contributed by atoms with Crippen molar-refractivity contribution in [3.8, 4) is 0 Å². The molecule has 0 saturated heterocycles. The van der Waals surface area contributed by atoms with E-state index in [9.17, 15) is 0 Å². The Morgan fingerprint density at radius 3 is 0.647 bits per heavy atom. The molecule has 0 radical (unpaired) electrons. The molecule has 104 valence electrons. The van der Waals surface area contributed by atoms with Gasteiger partial charge in [-0.3, -0.25) is 9.11 Å². The molecule has 0 aromatic carbocycles. The van der Waals surface area contributed by atoms with Crippen LogP contribution in [-0.2, 0) is 10.4 Å². The Hall–Kier alpha value is -2.25. The molecule has 0 atom stereocenters. The molecule has 0 bridgehead atoms. The van der Waals surface area contributed by atoms with Gasteiger partial charge in [-0.15, -0.1) is 0 Å². The molecule has 0 fully saturated rings. The molecular formula is C4H18N8O4S. The lowest BCUT2D eigenvalue weighted by Crippen LogP contribution is -2.22. The average Bonchev–Trinajstić information content (AvgIpc) is 2.01. The van der Waals surface area contributed by atoms with Crippen LogP contribution in [0.25, 0.3) is 0 Å². The van der Waals surface area contributed by atoms with Crippen molar-refractivity contribution >= 4 is 10.4 Å². The van der Waals surface area contributed by atoms with E-state index < -0.39 is 10.4 Å². The van der Waals surface area contributed by atoms with Crippen molar-refractivity contribution < 1.29 is 17.5 Å². The van der Waals surface area contributed by atoms with Crippen LogP contribution in [0.15, 0.2) is 23.3 Å². The maximum Gasteiger partial charge on any atom is 0.394 e. The first-order valence-electron chi connectivity index (χ1n) is 3.51. The van der Waals surface area contributed by atoms with Crippen molar-refractivity contribution in [2.75, 3.05) is 0 Å². The summed E-state index contributed by atoms with van der Waals surface area (Å²) in [6.07, 6.45) is 0. The fourth-order valence-electron chi connectivity index (χ4n) is 0. The van der Waals surface area contributed by atoms with E-state index in [0.29, 0.717) is 0 Å². The summed E-state index contributed by atoms with van der Waals surface area (Å²) in [5, 5.41) is 0. The Balaban J connectivity index is -0.000000174. The summed E-state index contributed by atoms with van der Waals surface area (Å²) in [5.41, 5.74) is 38.7. The van der Waals surface area contributed by atoms with Crippen molar-refractivity contribution in [1.29, 1.82) is 0 Å². The molecule has 0 spiro atoms. The summed E-state index contributed by atoms with van der Waals surface area (Å²) in [7, 11) is -4.67. The third-order valence-corrected chi connectivity index (χ3v) is 0.667. The Morgan fingerprint density at radius 2 is 0.647 bits per heavy atom. The standard InChI is InChI=1S/2C2H8N4.H2O4S/c2*3-1(4)2(5)6;1-5(2,3)4/h2*3-6H2;(H2,1,2,3,4). The number of nitrogens with two attached hydrogens (primary N) is 8. The molecule has 0 heterocycles. The van der Waals surface area contributed by atoms with E-state index in [2.05, 4.69) is 0 Å². The third kappa shape index (κ3) is 57.4. The van der Waals surface area contributed by atoms with Crippen LogP contribution in [0.5, 0.6) is 0 Å². The van der Waals surface area contributed by atoms with Crippen LogP contribution in [0.3, 0.4) is 0 Å². The third-order valence-electron chi connectivity index (χ3n) is 0.667. The highest BCUT2D eigenvalue weighted by Gasteiger charge is 1.84. The van der Waals surface area contributed by atoms with Gasteiger partial charge in [0.15, 0.2) is 0 Å². The van der Waals surface area contributed by atoms with Crippen LogP contribution < -0.4 is 45.9 Å². The van der Waals surface area contributed by atoms with Crippen LogP contribution >= 0.6 is 0 Å². The Bertz CT molecular complexity index is 307. The highest BCUT2D eigenvalue weighted by atomic mass is 32.3. The van der Waals surface area contributed by atoms with Gasteiger partial charge < -0.3 is 45.9 Å². The van der Waals surface area contributed by atoms with Gasteiger partial charge in [-0.1, -0.05) is 0 Å². The zero-order valence-electron chi connectivity index (χ0n) is 8.74.